The summed E-state index contributed by atoms with van der Waals surface area (Å²) in [7, 11) is -5.74. The summed E-state index contributed by atoms with van der Waals surface area (Å²) in [6, 6.07) is 3.85. The number of nitrogens with zero attached hydrogens (tertiary/aromatic N) is 1. The Morgan fingerprint density at radius 1 is 1.35 bits per heavy atom. The number of alkyl halides is 4. The van der Waals surface area contributed by atoms with Gasteiger partial charge in [-0.2, -0.15) is 18.4 Å². The lowest BCUT2D eigenvalue weighted by Gasteiger charge is -2.39. The second-order valence-corrected chi connectivity index (χ2v) is 8.80. The third-order valence-corrected chi connectivity index (χ3v) is 6.37. The lowest BCUT2D eigenvalue weighted by atomic mass is 9.69. The molecule has 0 unspecified atom stereocenters. The van der Waals surface area contributed by atoms with Crippen LogP contribution in [0.4, 0.5) is 17.6 Å². The van der Waals surface area contributed by atoms with Crippen LogP contribution in [-0.2, 0) is 16.3 Å². The number of rotatable bonds is 3. The van der Waals surface area contributed by atoms with Gasteiger partial charge in [-0.25, -0.2) is 12.8 Å². The van der Waals surface area contributed by atoms with E-state index in [1.54, 1.807) is 6.92 Å². The smallest absolute Gasteiger partial charge is 0.490 e. The fourth-order valence-corrected chi connectivity index (χ4v) is 4.44. The van der Waals surface area contributed by atoms with Gasteiger partial charge in [0.2, 0.25) is 0 Å². The summed E-state index contributed by atoms with van der Waals surface area (Å²) < 4.78 is 81.7. The van der Waals surface area contributed by atoms with Gasteiger partial charge in [-0.1, -0.05) is 0 Å². The number of sulfone groups is 1. The molecule has 2 aliphatic carbocycles. The third kappa shape index (κ3) is 2.83. The van der Waals surface area contributed by atoms with Crippen LogP contribution in [-0.4, -0.2) is 31.3 Å². The van der Waals surface area contributed by atoms with Gasteiger partial charge in [0, 0.05) is 30.4 Å². The number of hydrogen-bond donors (Lipinski definition) is 1. The number of halogens is 4. The molecule has 0 bridgehead atoms. The highest BCUT2D eigenvalue weighted by atomic mass is 32.2. The molecule has 5 nitrogen and oxygen atoms in total. The molecule has 10 heteroatoms. The Labute approximate surface area is 147 Å². The zero-order valence-electron chi connectivity index (χ0n) is 13.5. The minimum Gasteiger partial charge on any atom is -0.490 e. The van der Waals surface area contributed by atoms with Crippen molar-refractivity contribution >= 4 is 9.84 Å². The maximum absolute atomic E-state index is 13.9. The van der Waals surface area contributed by atoms with Gasteiger partial charge < -0.3 is 9.84 Å². The molecule has 142 valence electrons. The van der Waals surface area contributed by atoms with Gasteiger partial charge in [0.1, 0.15) is 24.1 Å². The topological polar surface area (TPSA) is 87.4 Å². The molecule has 1 saturated carbocycles. The number of hydrogen-bond acceptors (Lipinski definition) is 5. The van der Waals surface area contributed by atoms with Gasteiger partial charge in [0.25, 0.3) is 9.84 Å². The second kappa shape index (κ2) is 5.82. The number of aliphatic hydroxyl groups is 1. The molecule has 0 aliphatic heterocycles. The lowest BCUT2D eigenvalue weighted by molar-refractivity contribution is -0.0437. The second-order valence-electron chi connectivity index (χ2n) is 6.89. The molecular weight excluding hydrogens is 378 g/mol. The highest BCUT2D eigenvalue weighted by Gasteiger charge is 2.51. The number of ether oxygens (including phenoxy) is 1. The normalized spacial score (nSPS) is 31.0. The van der Waals surface area contributed by atoms with Crippen molar-refractivity contribution in [3.8, 4) is 11.8 Å². The Balaban J connectivity index is 2.01. The molecule has 0 spiro atoms. The first-order chi connectivity index (χ1) is 11.9. The highest BCUT2D eigenvalue weighted by molar-refractivity contribution is 7.92. The summed E-state index contributed by atoms with van der Waals surface area (Å²) in [5, 5.41) is 18.9. The first-order valence-corrected chi connectivity index (χ1v) is 9.25. The quantitative estimate of drug-likeness (QED) is 0.798. The van der Waals surface area contributed by atoms with Crippen LogP contribution in [0, 0.1) is 16.7 Å². The minimum atomic E-state index is -5.74. The molecule has 2 aliphatic rings. The summed E-state index contributed by atoms with van der Waals surface area (Å²) in [5.74, 6) is 0.0327. The van der Waals surface area contributed by atoms with E-state index < -0.39 is 49.9 Å². The maximum atomic E-state index is 13.9. The van der Waals surface area contributed by atoms with Crippen molar-refractivity contribution in [3.05, 3.63) is 23.3 Å². The van der Waals surface area contributed by atoms with Gasteiger partial charge in [0.05, 0.1) is 16.4 Å². The van der Waals surface area contributed by atoms with Crippen LogP contribution in [0.3, 0.4) is 0 Å². The van der Waals surface area contributed by atoms with Gasteiger partial charge >= 0.3 is 5.51 Å². The summed E-state index contributed by atoms with van der Waals surface area (Å²) in [6.45, 7) is 1.73. The Bertz CT molecular complexity index is 885. The van der Waals surface area contributed by atoms with E-state index in [0.29, 0.717) is 18.9 Å². The van der Waals surface area contributed by atoms with Crippen LogP contribution in [0.1, 0.15) is 37.0 Å². The monoisotopic (exact) mass is 393 g/mol. The SMILES string of the molecule is CC1(C#N)CC(Oc2ccc(S(=O)(=O)C(F)(F)F)c3c2C[C@@H](F)[C@H]3O)C1. The molecule has 3 rings (SSSR count). The van der Waals surface area contributed by atoms with E-state index in [1.807, 2.05) is 0 Å². The van der Waals surface area contributed by atoms with Crippen molar-refractivity contribution in [3.63, 3.8) is 0 Å². The molecule has 0 radical (unpaired) electrons. The van der Waals surface area contributed by atoms with Crippen molar-refractivity contribution < 1.29 is 35.8 Å². The fraction of sp³-hybridized carbons (Fsp3) is 0.562. The van der Waals surface area contributed by atoms with Crippen LogP contribution in [0.15, 0.2) is 17.0 Å². The summed E-state index contributed by atoms with van der Waals surface area (Å²) >= 11 is 0. The van der Waals surface area contributed by atoms with Gasteiger partial charge in [-0.15, -0.1) is 0 Å². The number of aliphatic hydroxyl groups excluding tert-OH is 1. The Morgan fingerprint density at radius 2 is 1.96 bits per heavy atom. The molecule has 0 aromatic heterocycles. The van der Waals surface area contributed by atoms with Gasteiger partial charge in [-0.3, -0.25) is 0 Å². The number of fused-ring (bicyclic) bond motifs is 1. The third-order valence-electron chi connectivity index (χ3n) is 4.83. The summed E-state index contributed by atoms with van der Waals surface area (Å²) in [6.07, 6.45) is -3.96. The van der Waals surface area contributed by atoms with E-state index in [-0.39, 0.29) is 17.4 Å². The molecular formula is C16H15F4NO4S. The lowest BCUT2D eigenvalue weighted by Crippen LogP contribution is -2.41. The summed E-state index contributed by atoms with van der Waals surface area (Å²) in [5.41, 5.74) is -6.81. The first-order valence-electron chi connectivity index (χ1n) is 7.77. The average molecular weight is 393 g/mol. The minimum absolute atomic E-state index is 0.0327. The maximum Gasteiger partial charge on any atom is 0.501 e. The molecule has 1 N–H and O–H groups in total. The zero-order valence-corrected chi connectivity index (χ0v) is 14.4. The first kappa shape index (κ1) is 18.9. The average Bonchev–Trinajstić information content (AvgIpc) is 2.81. The van der Waals surface area contributed by atoms with Gasteiger partial charge in [0.15, 0.2) is 0 Å². The molecule has 0 saturated heterocycles. The summed E-state index contributed by atoms with van der Waals surface area (Å²) in [4.78, 5) is -1.16. The van der Waals surface area contributed by atoms with E-state index in [2.05, 4.69) is 6.07 Å². The fourth-order valence-electron chi connectivity index (χ4n) is 3.41. The molecule has 2 atom stereocenters. The predicted molar refractivity (Wildman–Crippen MR) is 80.6 cm³/mol. The molecule has 0 amide bonds. The molecule has 0 heterocycles. The van der Waals surface area contributed by atoms with Crippen LogP contribution < -0.4 is 4.74 Å². The van der Waals surface area contributed by atoms with Crippen molar-refractivity contribution in [2.24, 2.45) is 5.41 Å². The largest absolute Gasteiger partial charge is 0.501 e. The molecule has 1 fully saturated rings. The van der Waals surface area contributed by atoms with E-state index in [1.165, 1.54) is 0 Å². The predicted octanol–water partition coefficient (Wildman–Crippen LogP) is 2.98. The molecule has 1 aromatic carbocycles. The van der Waals surface area contributed by atoms with Gasteiger partial charge in [-0.05, 0) is 19.1 Å². The zero-order chi connectivity index (χ0) is 19.5. The van der Waals surface area contributed by atoms with Crippen molar-refractivity contribution in [1.82, 2.24) is 0 Å². The van der Waals surface area contributed by atoms with Crippen LogP contribution in [0.5, 0.6) is 5.75 Å². The van der Waals surface area contributed by atoms with E-state index in [9.17, 15) is 31.1 Å². The van der Waals surface area contributed by atoms with Crippen molar-refractivity contribution in [2.45, 2.75) is 55.0 Å². The van der Waals surface area contributed by atoms with Crippen molar-refractivity contribution in [1.29, 1.82) is 5.26 Å². The highest BCUT2D eigenvalue weighted by Crippen LogP contribution is 2.47. The van der Waals surface area contributed by atoms with Crippen LogP contribution >= 0.6 is 0 Å². The van der Waals surface area contributed by atoms with Crippen LogP contribution in [0.25, 0.3) is 0 Å². The van der Waals surface area contributed by atoms with E-state index in [4.69, 9.17) is 10.00 Å². The number of benzene rings is 1. The molecule has 1 aromatic rings. The Kier molecular flexibility index (Phi) is 4.24. The number of nitriles is 1. The Hall–Kier alpha value is -1.86. The standard InChI is InChI=1S/C16H15F4NO4S/c1-15(7-21)5-8(6-15)25-11-2-3-12(26(23,24)16(18,19)20)13-9(11)4-10(17)14(13)22/h2-3,8,10,14,22H,4-6H2,1H3/t8?,10-,14-,15?/m1/s1. The molecule has 26 heavy (non-hydrogen) atoms. The van der Waals surface area contributed by atoms with Crippen LogP contribution in [0.2, 0.25) is 0 Å². The van der Waals surface area contributed by atoms with Crippen molar-refractivity contribution in [2.75, 3.05) is 0 Å². The van der Waals surface area contributed by atoms with E-state index in [0.717, 1.165) is 6.07 Å². The van der Waals surface area contributed by atoms with E-state index >= 15 is 0 Å². The Morgan fingerprint density at radius 3 is 2.50 bits per heavy atom.